The minimum Gasteiger partial charge on any atom is -0.496 e. The summed E-state index contributed by atoms with van der Waals surface area (Å²) in [7, 11) is 1.54. The number of benzene rings is 2. The number of carbonyl (C=O) groups is 1. The summed E-state index contributed by atoms with van der Waals surface area (Å²) >= 11 is 0. The first-order valence-electron chi connectivity index (χ1n) is 6.98. The van der Waals surface area contributed by atoms with E-state index in [1.54, 1.807) is 19.2 Å². The highest BCUT2D eigenvalue weighted by atomic mass is 16.5. The molecule has 2 rings (SSSR count). The monoisotopic (exact) mass is 284 g/mol. The minimum absolute atomic E-state index is 0.0822. The number of Topliss-reactive ketones (excluding diaryl/α,β-unsaturated/α-hetero) is 1. The van der Waals surface area contributed by atoms with E-state index in [4.69, 9.17) is 9.47 Å². The zero-order chi connectivity index (χ0) is 15.4. The number of methoxy groups -OCH3 is 1. The van der Waals surface area contributed by atoms with Gasteiger partial charge >= 0.3 is 0 Å². The minimum atomic E-state index is -0.0822. The van der Waals surface area contributed by atoms with Gasteiger partial charge in [-0.25, -0.2) is 0 Å². The van der Waals surface area contributed by atoms with Crippen LogP contribution < -0.4 is 9.47 Å². The van der Waals surface area contributed by atoms with Crippen LogP contribution in [0.2, 0.25) is 0 Å². The lowest BCUT2D eigenvalue weighted by Gasteiger charge is -2.13. The number of carbonyl (C=O) groups excluding carboxylic acids is 1. The third-order valence-corrected chi connectivity index (χ3v) is 3.33. The van der Waals surface area contributed by atoms with Crippen LogP contribution in [-0.2, 0) is 0 Å². The van der Waals surface area contributed by atoms with Crippen LogP contribution in [0.1, 0.15) is 42.6 Å². The summed E-state index contributed by atoms with van der Waals surface area (Å²) in [5, 5.41) is 0. The van der Waals surface area contributed by atoms with Gasteiger partial charge in [-0.2, -0.15) is 0 Å². The molecule has 0 radical (unpaired) electrons. The fourth-order valence-corrected chi connectivity index (χ4v) is 2.16. The number of hydrogen-bond donors (Lipinski definition) is 0. The quantitative estimate of drug-likeness (QED) is 0.739. The molecule has 0 saturated heterocycles. The molecule has 3 nitrogen and oxygen atoms in total. The topological polar surface area (TPSA) is 35.5 Å². The zero-order valence-corrected chi connectivity index (χ0v) is 12.8. The molecule has 0 aromatic heterocycles. The maximum Gasteiger partial charge on any atom is 0.167 e. The van der Waals surface area contributed by atoms with Crippen LogP contribution in [0.3, 0.4) is 0 Å². The van der Waals surface area contributed by atoms with E-state index in [1.807, 2.05) is 30.3 Å². The Morgan fingerprint density at radius 1 is 1.00 bits per heavy atom. The summed E-state index contributed by atoms with van der Waals surface area (Å²) in [5.74, 6) is 2.14. The molecule has 3 heteroatoms. The average molecular weight is 284 g/mol. The van der Waals surface area contributed by atoms with E-state index >= 15 is 0 Å². The van der Waals surface area contributed by atoms with Crippen LogP contribution in [0, 0.1) is 0 Å². The molecule has 0 N–H and O–H groups in total. The first-order chi connectivity index (χ1) is 10.0. The summed E-state index contributed by atoms with van der Waals surface area (Å²) in [4.78, 5) is 11.8. The van der Waals surface area contributed by atoms with Gasteiger partial charge in [-0.3, -0.25) is 4.79 Å². The van der Waals surface area contributed by atoms with Gasteiger partial charge in [-0.1, -0.05) is 32.0 Å². The van der Waals surface area contributed by atoms with Gasteiger partial charge in [-0.05, 0) is 42.7 Å². The molecule has 0 aliphatic rings. The summed E-state index contributed by atoms with van der Waals surface area (Å²) in [6.07, 6.45) is 0. The fraction of sp³-hybridized carbons (Fsp3) is 0.278. The van der Waals surface area contributed by atoms with Crippen molar-refractivity contribution >= 4 is 5.78 Å². The Labute approximate surface area is 125 Å². The van der Waals surface area contributed by atoms with Crippen molar-refractivity contribution in [3.8, 4) is 17.2 Å². The van der Waals surface area contributed by atoms with Crippen LogP contribution in [0.5, 0.6) is 17.2 Å². The van der Waals surface area contributed by atoms with Crippen molar-refractivity contribution in [1.82, 2.24) is 0 Å². The maximum absolute atomic E-state index is 11.8. The van der Waals surface area contributed by atoms with Crippen molar-refractivity contribution in [3.63, 3.8) is 0 Å². The fourth-order valence-electron chi connectivity index (χ4n) is 2.16. The van der Waals surface area contributed by atoms with Gasteiger partial charge < -0.3 is 9.47 Å². The molecule has 2 aromatic carbocycles. The second-order valence-electron chi connectivity index (χ2n) is 5.22. The normalized spacial score (nSPS) is 10.5. The molecule has 0 atom stereocenters. The third kappa shape index (κ3) is 3.43. The number of ketones is 1. The van der Waals surface area contributed by atoms with E-state index in [1.165, 1.54) is 12.5 Å². The Morgan fingerprint density at radius 3 is 2.14 bits per heavy atom. The Hall–Kier alpha value is -2.29. The SMILES string of the molecule is COc1cccc(Oc2ccc(C(C)C)cc2)c1C(C)=O. The maximum atomic E-state index is 11.8. The van der Waals surface area contributed by atoms with Crippen molar-refractivity contribution in [2.75, 3.05) is 7.11 Å². The van der Waals surface area contributed by atoms with E-state index in [2.05, 4.69) is 13.8 Å². The standard InChI is InChI=1S/C18H20O3/c1-12(2)14-8-10-15(11-9-14)21-17-7-5-6-16(20-4)18(17)13(3)19/h5-12H,1-4H3. The van der Waals surface area contributed by atoms with Gasteiger partial charge in [0.1, 0.15) is 22.8 Å². The lowest BCUT2D eigenvalue weighted by molar-refractivity contribution is 0.101. The van der Waals surface area contributed by atoms with Gasteiger partial charge in [0.2, 0.25) is 0 Å². The number of hydrogen-bond acceptors (Lipinski definition) is 3. The molecule has 110 valence electrons. The Bertz CT molecular complexity index is 627. The Kier molecular flexibility index (Phi) is 4.63. The molecule has 0 saturated carbocycles. The Morgan fingerprint density at radius 2 is 1.62 bits per heavy atom. The summed E-state index contributed by atoms with van der Waals surface area (Å²) in [5.41, 5.74) is 1.72. The molecule has 2 aromatic rings. The molecule has 0 bridgehead atoms. The van der Waals surface area contributed by atoms with E-state index in [0.29, 0.717) is 28.7 Å². The second kappa shape index (κ2) is 6.44. The molecule has 0 spiro atoms. The highest BCUT2D eigenvalue weighted by Gasteiger charge is 2.15. The summed E-state index contributed by atoms with van der Waals surface area (Å²) in [6, 6.07) is 13.2. The van der Waals surface area contributed by atoms with Gasteiger partial charge in [0, 0.05) is 0 Å². The van der Waals surface area contributed by atoms with Crippen molar-refractivity contribution in [2.45, 2.75) is 26.7 Å². The Balaban J connectivity index is 2.33. The predicted octanol–water partition coefficient (Wildman–Crippen LogP) is 4.81. The van der Waals surface area contributed by atoms with E-state index in [9.17, 15) is 4.79 Å². The van der Waals surface area contributed by atoms with Crippen molar-refractivity contribution < 1.29 is 14.3 Å². The molecule has 0 heterocycles. The number of rotatable bonds is 5. The average Bonchev–Trinajstić information content (AvgIpc) is 2.47. The lowest BCUT2D eigenvalue weighted by Crippen LogP contribution is -2.01. The van der Waals surface area contributed by atoms with Crippen molar-refractivity contribution in [1.29, 1.82) is 0 Å². The van der Waals surface area contributed by atoms with Gasteiger partial charge in [0.15, 0.2) is 5.78 Å². The van der Waals surface area contributed by atoms with Gasteiger partial charge in [0.05, 0.1) is 7.11 Å². The van der Waals surface area contributed by atoms with Crippen molar-refractivity contribution in [3.05, 3.63) is 53.6 Å². The van der Waals surface area contributed by atoms with Crippen LogP contribution in [0.4, 0.5) is 0 Å². The van der Waals surface area contributed by atoms with Gasteiger partial charge in [0.25, 0.3) is 0 Å². The molecule has 21 heavy (non-hydrogen) atoms. The second-order valence-corrected chi connectivity index (χ2v) is 5.22. The van der Waals surface area contributed by atoms with Gasteiger partial charge in [-0.15, -0.1) is 0 Å². The molecule has 0 aliphatic heterocycles. The van der Waals surface area contributed by atoms with Crippen LogP contribution in [-0.4, -0.2) is 12.9 Å². The molecule has 0 amide bonds. The molecule has 0 unspecified atom stereocenters. The zero-order valence-electron chi connectivity index (χ0n) is 12.8. The molecular weight excluding hydrogens is 264 g/mol. The molecular formula is C18H20O3. The first kappa shape index (κ1) is 15.1. The van der Waals surface area contributed by atoms with E-state index < -0.39 is 0 Å². The smallest absolute Gasteiger partial charge is 0.167 e. The highest BCUT2D eigenvalue weighted by molar-refractivity contribution is 5.99. The van der Waals surface area contributed by atoms with Crippen LogP contribution >= 0.6 is 0 Å². The lowest BCUT2D eigenvalue weighted by atomic mass is 10.0. The largest absolute Gasteiger partial charge is 0.496 e. The predicted molar refractivity (Wildman–Crippen MR) is 83.6 cm³/mol. The van der Waals surface area contributed by atoms with E-state index in [0.717, 1.165) is 0 Å². The summed E-state index contributed by atoms with van der Waals surface area (Å²) in [6.45, 7) is 5.80. The number of ether oxygens (including phenoxy) is 2. The third-order valence-electron chi connectivity index (χ3n) is 3.33. The first-order valence-corrected chi connectivity index (χ1v) is 6.98. The van der Waals surface area contributed by atoms with Crippen LogP contribution in [0.15, 0.2) is 42.5 Å². The summed E-state index contributed by atoms with van der Waals surface area (Å²) < 4.78 is 11.1. The molecule has 0 fully saturated rings. The van der Waals surface area contributed by atoms with Crippen molar-refractivity contribution in [2.24, 2.45) is 0 Å². The van der Waals surface area contributed by atoms with Crippen LogP contribution in [0.25, 0.3) is 0 Å². The van der Waals surface area contributed by atoms with E-state index in [-0.39, 0.29) is 5.78 Å². The highest BCUT2D eigenvalue weighted by Crippen LogP contribution is 2.32. The molecule has 0 aliphatic carbocycles.